The van der Waals surface area contributed by atoms with Crippen LogP contribution in [0.15, 0.2) is 0 Å². The molecule has 0 aromatic heterocycles. The Morgan fingerprint density at radius 1 is 1.75 bits per heavy atom. The highest BCUT2D eigenvalue weighted by molar-refractivity contribution is 9.09. The minimum absolute atomic E-state index is 0. The van der Waals surface area contributed by atoms with Crippen LogP contribution in [0.2, 0.25) is 0 Å². The summed E-state index contributed by atoms with van der Waals surface area (Å²) in [6.45, 7) is 3.40. The molecule has 0 saturated heterocycles. The summed E-state index contributed by atoms with van der Waals surface area (Å²) in [5.41, 5.74) is 0. The van der Waals surface area contributed by atoms with Gasteiger partial charge in [0.05, 0.1) is 0 Å². The zero-order valence-corrected chi connectivity index (χ0v) is 5.50. The van der Waals surface area contributed by atoms with Crippen LogP contribution in [0, 0.1) is 6.92 Å². The van der Waals surface area contributed by atoms with Gasteiger partial charge < -0.3 is 0 Å². The Balaban J connectivity index is 0. The summed E-state index contributed by atoms with van der Waals surface area (Å²) >= 11 is 3.03. The van der Waals surface area contributed by atoms with Gasteiger partial charge >= 0.3 is 0 Å². The van der Waals surface area contributed by atoms with Crippen LogP contribution < -0.4 is 0 Å². The molecule has 4 heavy (non-hydrogen) atoms. The molecular weight excluding hydrogens is 184 g/mol. The summed E-state index contributed by atoms with van der Waals surface area (Å²) in [4.78, 5) is 0. The van der Waals surface area contributed by atoms with Gasteiger partial charge in [0.15, 0.2) is 0 Å². The molecule has 0 saturated carbocycles. The van der Waals surface area contributed by atoms with E-state index in [1.165, 1.54) is 0 Å². The Labute approximate surface area is 45.5 Å². The Morgan fingerprint density at radius 2 is 1.75 bits per heavy atom. The number of rotatable bonds is 0. The van der Waals surface area contributed by atoms with Crippen molar-refractivity contribution in [2.45, 2.75) is 0 Å². The van der Waals surface area contributed by atoms with Crippen LogP contribution >= 0.6 is 32.9 Å². The predicted molar refractivity (Wildman–Crippen MR) is 29.5 cm³/mol. The third kappa shape index (κ3) is 12.3. The molecule has 27 valence electrons. The molecule has 0 fully saturated rings. The lowest BCUT2D eigenvalue weighted by Crippen LogP contribution is -1.35. The van der Waals surface area contributed by atoms with Crippen molar-refractivity contribution in [1.29, 1.82) is 0 Å². The first-order valence-corrected chi connectivity index (χ1v) is 1.89. The van der Waals surface area contributed by atoms with Crippen molar-refractivity contribution in [3.05, 3.63) is 6.92 Å². The van der Waals surface area contributed by atoms with Crippen molar-refractivity contribution in [2.75, 3.05) is 5.33 Å². The molecule has 0 aliphatic heterocycles. The van der Waals surface area contributed by atoms with Gasteiger partial charge in [-0.2, -0.15) is 0 Å². The summed E-state index contributed by atoms with van der Waals surface area (Å²) in [5.74, 6) is 0. The Bertz CT molecular complexity index is 4.00. The van der Waals surface area contributed by atoms with Crippen molar-refractivity contribution in [3.8, 4) is 0 Å². The zero-order chi connectivity index (χ0) is 2.71. The maximum Gasteiger partial charge on any atom is 0.00315 e. The fraction of sp³-hybridized carbons (Fsp3) is 0.500. The highest BCUT2D eigenvalue weighted by atomic mass is 79.9. The standard InChI is InChI=1S/C2H4Br.BrH/c1-2-3;/h1-2H2;1H. The van der Waals surface area contributed by atoms with E-state index in [4.69, 9.17) is 0 Å². The van der Waals surface area contributed by atoms with E-state index < -0.39 is 0 Å². The molecule has 0 amide bonds. The summed E-state index contributed by atoms with van der Waals surface area (Å²) < 4.78 is 0. The fourth-order valence-electron chi connectivity index (χ4n) is 0. The third-order valence-corrected chi connectivity index (χ3v) is 0. The molecule has 0 aliphatic carbocycles. The van der Waals surface area contributed by atoms with E-state index >= 15 is 0 Å². The van der Waals surface area contributed by atoms with Gasteiger partial charge in [-0.05, 0) is 6.92 Å². The normalized spacial score (nSPS) is 4.50. The second-order valence-electron chi connectivity index (χ2n) is 0.189. The Kier molecular flexibility index (Phi) is 20.0. The summed E-state index contributed by atoms with van der Waals surface area (Å²) in [5, 5.41) is 0.812. The largest absolute Gasteiger partial charge is 0.114 e. The average Bonchev–Trinajstić information content (AvgIpc) is 0.918. The number of hydrogen-bond donors (Lipinski definition) is 0. The molecule has 0 aromatic rings. The smallest absolute Gasteiger partial charge is 0.00315 e. The molecule has 0 N–H and O–H groups in total. The third-order valence-electron chi connectivity index (χ3n) is 0. The van der Waals surface area contributed by atoms with Gasteiger partial charge in [0.25, 0.3) is 0 Å². The van der Waals surface area contributed by atoms with Crippen molar-refractivity contribution >= 4 is 32.9 Å². The topological polar surface area (TPSA) is 0 Å². The van der Waals surface area contributed by atoms with E-state index in [2.05, 4.69) is 22.9 Å². The van der Waals surface area contributed by atoms with Gasteiger partial charge in [0.2, 0.25) is 0 Å². The van der Waals surface area contributed by atoms with E-state index in [9.17, 15) is 0 Å². The summed E-state index contributed by atoms with van der Waals surface area (Å²) in [6.07, 6.45) is 0. The molecule has 0 atom stereocenters. The molecule has 1 radical (unpaired) electrons. The second kappa shape index (κ2) is 9.03. The van der Waals surface area contributed by atoms with Gasteiger partial charge in [-0.15, -0.1) is 17.0 Å². The van der Waals surface area contributed by atoms with Gasteiger partial charge in [-0.25, -0.2) is 0 Å². The monoisotopic (exact) mass is 187 g/mol. The minimum Gasteiger partial charge on any atom is -0.114 e. The maximum absolute atomic E-state index is 3.40. The van der Waals surface area contributed by atoms with Crippen molar-refractivity contribution in [1.82, 2.24) is 0 Å². The molecule has 0 rings (SSSR count). The van der Waals surface area contributed by atoms with Gasteiger partial charge in [-0.3, -0.25) is 0 Å². The lowest BCUT2D eigenvalue weighted by molar-refractivity contribution is 1.88. The van der Waals surface area contributed by atoms with Gasteiger partial charge in [-0.1, -0.05) is 15.9 Å². The van der Waals surface area contributed by atoms with Gasteiger partial charge in [0.1, 0.15) is 0 Å². The summed E-state index contributed by atoms with van der Waals surface area (Å²) in [7, 11) is 0. The quantitative estimate of drug-likeness (QED) is 0.509. The van der Waals surface area contributed by atoms with E-state index in [1.807, 2.05) is 0 Å². The molecule has 0 spiro atoms. The van der Waals surface area contributed by atoms with Crippen molar-refractivity contribution in [3.63, 3.8) is 0 Å². The average molecular weight is 189 g/mol. The van der Waals surface area contributed by atoms with E-state index in [0.717, 1.165) is 5.33 Å². The fourth-order valence-corrected chi connectivity index (χ4v) is 0. The molecule has 0 aromatic carbocycles. The first-order chi connectivity index (χ1) is 1.41. The summed E-state index contributed by atoms with van der Waals surface area (Å²) in [6, 6.07) is 0. The van der Waals surface area contributed by atoms with E-state index in [-0.39, 0.29) is 17.0 Å². The minimum atomic E-state index is 0. The SMILES string of the molecule is Br.[CH2]CBr. The molecule has 2 heteroatoms. The van der Waals surface area contributed by atoms with Crippen molar-refractivity contribution in [2.24, 2.45) is 0 Å². The highest BCUT2D eigenvalue weighted by Crippen LogP contribution is 1.66. The van der Waals surface area contributed by atoms with Crippen LogP contribution in [0.4, 0.5) is 0 Å². The Morgan fingerprint density at radius 3 is 1.75 bits per heavy atom. The molecular formula is C2H5Br2. The zero-order valence-electron chi connectivity index (χ0n) is 2.20. The van der Waals surface area contributed by atoms with Crippen LogP contribution in [0.1, 0.15) is 0 Å². The van der Waals surface area contributed by atoms with Crippen LogP contribution in [0.5, 0.6) is 0 Å². The molecule has 0 bridgehead atoms. The van der Waals surface area contributed by atoms with Crippen LogP contribution in [-0.4, -0.2) is 5.33 Å². The molecule has 0 unspecified atom stereocenters. The molecule has 0 nitrogen and oxygen atoms in total. The number of alkyl halides is 1. The first kappa shape index (κ1) is 8.88. The number of hydrogen-bond acceptors (Lipinski definition) is 0. The first-order valence-electron chi connectivity index (χ1n) is 0.767. The second-order valence-corrected chi connectivity index (χ2v) is 0.982. The van der Waals surface area contributed by atoms with Crippen LogP contribution in [0.25, 0.3) is 0 Å². The number of halogens is 2. The van der Waals surface area contributed by atoms with Crippen LogP contribution in [0.3, 0.4) is 0 Å². The van der Waals surface area contributed by atoms with Gasteiger partial charge in [0, 0.05) is 5.33 Å². The lowest BCUT2D eigenvalue weighted by atomic mass is 11.0. The van der Waals surface area contributed by atoms with E-state index in [0.29, 0.717) is 0 Å². The maximum atomic E-state index is 3.40. The molecule has 0 heterocycles. The van der Waals surface area contributed by atoms with Crippen LogP contribution in [-0.2, 0) is 0 Å². The van der Waals surface area contributed by atoms with E-state index in [1.54, 1.807) is 0 Å². The highest BCUT2D eigenvalue weighted by Gasteiger charge is 1.38. The predicted octanol–water partition coefficient (Wildman–Crippen LogP) is 1.79. The lowest BCUT2D eigenvalue weighted by Gasteiger charge is -1.45. The van der Waals surface area contributed by atoms with Crippen molar-refractivity contribution < 1.29 is 0 Å². The molecule has 0 aliphatic rings. The Hall–Kier alpha value is 0.960.